The molecule has 0 aliphatic carbocycles. The number of amides is 9. The molecule has 0 fully saturated rings. The molecule has 1 aromatic heterocycles. The summed E-state index contributed by atoms with van der Waals surface area (Å²) in [6.07, 6.45) is 1.17. The first kappa shape index (κ1) is 71.8. The van der Waals surface area contributed by atoms with Gasteiger partial charge < -0.3 is 102 Å². The number of aromatic hydroxyl groups is 1. The minimum absolute atomic E-state index is 0.0125. The molecule has 0 saturated heterocycles. The number of guanidine groups is 2. The van der Waals surface area contributed by atoms with Crippen LogP contribution >= 0.6 is 11.8 Å². The summed E-state index contributed by atoms with van der Waals surface area (Å²) < 4.78 is 0. The van der Waals surface area contributed by atoms with Gasteiger partial charge in [0.1, 0.15) is 54.1 Å². The third kappa shape index (κ3) is 27.2. The number of carboxylic acid groups (broad SMARTS) is 1. The molecule has 0 aliphatic heterocycles. The molecule has 0 saturated carbocycles. The Morgan fingerprint density at radius 1 is 0.607 bits per heavy atom. The number of thioether (sulfide) groups is 1. The third-order valence-corrected chi connectivity index (χ3v) is 13.0. The highest BCUT2D eigenvalue weighted by molar-refractivity contribution is 7.98. The van der Waals surface area contributed by atoms with Gasteiger partial charge in [0.05, 0.1) is 31.1 Å². The summed E-state index contributed by atoms with van der Waals surface area (Å²) in [5.41, 5.74) is 28.7. The number of aliphatic hydroxyl groups is 2. The molecule has 0 aliphatic rings. The monoisotopic (exact) mass is 1200 g/mol. The highest BCUT2D eigenvalue weighted by Gasteiger charge is 2.35. The maximum atomic E-state index is 14.3. The molecule has 1 heterocycles. The number of rotatable bonds is 38. The predicted molar refractivity (Wildman–Crippen MR) is 309 cm³/mol. The number of carbonyl (C=O) groups is 10. The van der Waals surface area contributed by atoms with E-state index >= 15 is 0 Å². The fourth-order valence-electron chi connectivity index (χ4n) is 7.85. The fraction of sp³-hybridized carbons (Fsp3) is 0.588. The van der Waals surface area contributed by atoms with Crippen LogP contribution in [0.25, 0.3) is 0 Å². The minimum Gasteiger partial charge on any atom is -0.508 e. The van der Waals surface area contributed by atoms with Gasteiger partial charge in [-0.1, -0.05) is 26.0 Å². The van der Waals surface area contributed by atoms with E-state index in [9.17, 15) is 68.4 Å². The number of hydrogen-bond acceptors (Lipinski definition) is 18. The van der Waals surface area contributed by atoms with Crippen molar-refractivity contribution in [1.82, 2.24) is 57.8 Å². The number of phenolic OH excluding ortho intramolecular Hbond substituents is 1. The third-order valence-electron chi connectivity index (χ3n) is 12.4. The Kier molecular flexibility index (Phi) is 31.6. The number of aromatic nitrogens is 2. The highest BCUT2D eigenvalue weighted by atomic mass is 32.2. The molecule has 0 radical (unpaired) electrons. The van der Waals surface area contributed by atoms with Gasteiger partial charge in [-0.2, -0.15) is 11.8 Å². The second-order valence-corrected chi connectivity index (χ2v) is 21.2. The molecule has 2 rings (SSSR count). The van der Waals surface area contributed by atoms with Gasteiger partial charge in [0.25, 0.3) is 0 Å². The second kappa shape index (κ2) is 37.0. The predicted octanol–water partition coefficient (Wildman–Crippen LogP) is -6.01. The van der Waals surface area contributed by atoms with Crippen LogP contribution in [0.2, 0.25) is 0 Å². The lowest BCUT2D eigenvalue weighted by Gasteiger charge is -2.27. The van der Waals surface area contributed by atoms with Crippen molar-refractivity contribution in [1.29, 1.82) is 0 Å². The largest absolute Gasteiger partial charge is 0.508 e. The summed E-state index contributed by atoms with van der Waals surface area (Å²) in [5.74, 6) is -9.98. The van der Waals surface area contributed by atoms with Crippen molar-refractivity contribution in [3.05, 3.63) is 48.0 Å². The van der Waals surface area contributed by atoms with Gasteiger partial charge in [-0.25, -0.2) is 9.78 Å². The molecule has 0 unspecified atom stereocenters. The van der Waals surface area contributed by atoms with Gasteiger partial charge in [0.15, 0.2) is 11.9 Å². The Balaban J connectivity index is 2.38. The van der Waals surface area contributed by atoms with E-state index in [4.69, 9.17) is 28.7 Å². The Bertz CT molecular complexity index is 2550. The van der Waals surface area contributed by atoms with Crippen molar-refractivity contribution in [3.8, 4) is 5.75 Å². The number of phenols is 1. The van der Waals surface area contributed by atoms with Gasteiger partial charge in [0.2, 0.25) is 53.2 Å². The summed E-state index contributed by atoms with van der Waals surface area (Å²) in [5, 5.41) is 62.9. The fourth-order valence-corrected chi connectivity index (χ4v) is 8.34. The Morgan fingerprint density at radius 3 is 1.60 bits per heavy atom. The number of imidazole rings is 1. The lowest BCUT2D eigenvalue weighted by Crippen LogP contribution is -2.61. The standard InChI is InChI=1S/C51H84N18O14S/c1-25(2)19-37(49(82)83)67-46(79)36(21-30-22-57-24-61-30)66-45(78)33(9-7-16-58-50(53)54)63-44(77)34(10-8-17-59-51(55)56)64-48(81)39(27(4)70)68-38(73)23-60-43(76)35(20-29-11-13-31(72)14-12-29)65-41(74)26(3)62-47(80)40(28(5)71)69-42(75)32(52)15-18-84-6/h11-14,22,24-28,32-37,39-40,70-72H,7-10,15-21,23,52H2,1-6H3,(H,57,61)(H,60,76)(H,62,80)(H,63,77)(H,64,81)(H,65,74)(H,66,78)(H,67,79)(H,68,73)(H,69,75)(H,82,83)(H4,53,54,58)(H4,55,56,59)/t26-,27+,28+,32-,33-,34-,35-,36-,37-,39-,40-/m0/s1. The van der Waals surface area contributed by atoms with Crippen LogP contribution < -0.4 is 76.5 Å². The quantitative estimate of drug-likeness (QED) is 0.0169. The molecule has 84 heavy (non-hydrogen) atoms. The number of nitrogens with zero attached hydrogens (tertiary/aromatic N) is 3. The van der Waals surface area contributed by atoms with Crippen molar-refractivity contribution >= 4 is 82.8 Å². The summed E-state index contributed by atoms with van der Waals surface area (Å²) in [6.45, 7) is 6.27. The first-order valence-electron chi connectivity index (χ1n) is 26.9. The molecular formula is C51H84N18O14S. The number of carbonyl (C=O) groups excluding carboxylic acids is 9. The number of aromatic amines is 1. The molecule has 11 atom stereocenters. The zero-order valence-corrected chi connectivity index (χ0v) is 48.7. The molecule has 0 bridgehead atoms. The zero-order chi connectivity index (χ0) is 63.2. The second-order valence-electron chi connectivity index (χ2n) is 20.2. The first-order chi connectivity index (χ1) is 39.5. The van der Waals surface area contributed by atoms with Crippen LogP contribution in [0.5, 0.6) is 5.75 Å². The summed E-state index contributed by atoms with van der Waals surface area (Å²) in [6, 6.07) is -7.30. The molecule has 1 aromatic carbocycles. The summed E-state index contributed by atoms with van der Waals surface area (Å²) in [4.78, 5) is 150. The van der Waals surface area contributed by atoms with E-state index in [0.29, 0.717) is 17.0 Å². The molecule has 9 amide bonds. The first-order valence-corrected chi connectivity index (χ1v) is 28.3. The smallest absolute Gasteiger partial charge is 0.326 e. The minimum atomic E-state index is -1.80. The van der Waals surface area contributed by atoms with Crippen LogP contribution in [0, 0.1) is 5.92 Å². The van der Waals surface area contributed by atoms with E-state index in [0.717, 1.165) is 6.92 Å². The Hall–Kier alpha value is -8.30. The van der Waals surface area contributed by atoms with Crippen molar-refractivity contribution in [3.63, 3.8) is 0 Å². The summed E-state index contributed by atoms with van der Waals surface area (Å²) >= 11 is 1.45. The zero-order valence-electron chi connectivity index (χ0n) is 47.9. The van der Waals surface area contributed by atoms with Crippen LogP contribution in [0.15, 0.2) is 46.8 Å². The maximum Gasteiger partial charge on any atom is 0.326 e. The molecule has 24 N–H and O–H groups in total. The van der Waals surface area contributed by atoms with Crippen LogP contribution in [0.3, 0.4) is 0 Å². The number of aliphatic hydroxyl groups excluding tert-OH is 2. The number of nitrogens with two attached hydrogens (primary N) is 5. The van der Waals surface area contributed by atoms with Crippen LogP contribution in [0.1, 0.15) is 84.4 Å². The van der Waals surface area contributed by atoms with Gasteiger partial charge in [-0.3, -0.25) is 53.1 Å². The van der Waals surface area contributed by atoms with E-state index in [-0.39, 0.29) is 88.0 Å². The van der Waals surface area contributed by atoms with Crippen molar-refractivity contribution in [2.75, 3.05) is 31.6 Å². The molecule has 32 nitrogen and oxygen atoms in total. The Morgan fingerprint density at radius 2 is 1.10 bits per heavy atom. The summed E-state index contributed by atoms with van der Waals surface area (Å²) in [7, 11) is 0. The number of nitrogens with one attached hydrogen (secondary N) is 10. The van der Waals surface area contributed by atoms with Gasteiger partial charge in [-0.15, -0.1) is 0 Å². The Labute approximate surface area is 490 Å². The van der Waals surface area contributed by atoms with Crippen molar-refractivity contribution in [2.24, 2.45) is 44.6 Å². The molecule has 0 spiro atoms. The number of aliphatic carboxylic acids is 1. The van der Waals surface area contributed by atoms with Crippen molar-refractivity contribution < 1.29 is 68.4 Å². The molecule has 33 heteroatoms. The molecular weight excluding hydrogens is 1120 g/mol. The topological polar surface area (TPSA) is 543 Å². The lowest BCUT2D eigenvalue weighted by molar-refractivity contribution is -0.142. The van der Waals surface area contributed by atoms with E-state index in [1.54, 1.807) is 13.8 Å². The van der Waals surface area contributed by atoms with Crippen LogP contribution in [-0.4, -0.2) is 200 Å². The number of aliphatic imine (C=N–C) groups is 2. The SMILES string of the molecule is CSCC[C@H](N)C(=O)N[C@H](C(=O)N[C@@H](C)C(=O)N[C@@H](Cc1ccc(O)cc1)C(=O)NCC(=O)N[C@H](C(=O)N[C@@H](CCCN=C(N)N)C(=O)N[C@@H](CCCN=C(N)N)C(=O)N[C@@H](Cc1cnc[nH]1)C(=O)N[C@@H](CC(C)C)C(=O)O)[C@@H](C)O)[C@@H](C)O. The van der Waals surface area contributed by atoms with Crippen LogP contribution in [0.4, 0.5) is 0 Å². The average molecular weight is 1210 g/mol. The van der Waals surface area contributed by atoms with E-state index < -0.39 is 132 Å². The van der Waals surface area contributed by atoms with Gasteiger partial charge >= 0.3 is 5.97 Å². The number of benzene rings is 1. The number of H-pyrrole nitrogens is 1. The number of hydrogen-bond donors (Lipinski definition) is 19. The van der Waals surface area contributed by atoms with Gasteiger partial charge in [0, 0.05) is 37.8 Å². The molecule has 468 valence electrons. The van der Waals surface area contributed by atoms with E-state index in [2.05, 4.69) is 67.8 Å². The van der Waals surface area contributed by atoms with Gasteiger partial charge in [-0.05, 0) is 94.9 Å². The van der Waals surface area contributed by atoms with E-state index in [1.807, 2.05) is 6.26 Å². The lowest BCUT2D eigenvalue weighted by atomic mass is 10.0. The van der Waals surface area contributed by atoms with Crippen molar-refractivity contribution in [2.45, 2.75) is 153 Å². The number of carboxylic acids is 1. The molecule has 2 aromatic rings. The van der Waals surface area contributed by atoms with Crippen LogP contribution in [-0.2, 0) is 60.8 Å². The highest BCUT2D eigenvalue weighted by Crippen LogP contribution is 2.13. The average Bonchev–Trinajstić information content (AvgIpc) is 3.94. The maximum absolute atomic E-state index is 14.3. The van der Waals surface area contributed by atoms with E-state index in [1.165, 1.54) is 62.4 Å². The normalized spacial score (nSPS) is 15.0.